The first-order chi connectivity index (χ1) is 7.70. The highest BCUT2D eigenvalue weighted by molar-refractivity contribution is 6.27. The van der Waals surface area contributed by atoms with Crippen molar-refractivity contribution in [3.05, 3.63) is 40.8 Å². The maximum absolute atomic E-state index is 11.5. The predicted octanol–water partition coefficient (Wildman–Crippen LogP) is 2.98. The molecule has 2 aromatic rings. The first kappa shape index (κ1) is 11.3. The van der Waals surface area contributed by atoms with Gasteiger partial charge in [0.15, 0.2) is 5.56 Å². The molecule has 0 bridgehead atoms. The Kier molecular flexibility index (Phi) is 3.36. The molecule has 1 atom stereocenters. The summed E-state index contributed by atoms with van der Waals surface area (Å²) in [4.78, 5) is 11.5. The van der Waals surface area contributed by atoms with Crippen molar-refractivity contribution < 1.29 is 9.15 Å². The lowest BCUT2D eigenvalue weighted by Crippen LogP contribution is -2.15. The van der Waals surface area contributed by atoms with E-state index in [4.69, 9.17) is 32.4 Å². The maximum atomic E-state index is 11.5. The van der Waals surface area contributed by atoms with Crippen LogP contribution in [0.4, 0.5) is 0 Å². The van der Waals surface area contributed by atoms with Crippen molar-refractivity contribution in [1.82, 2.24) is 0 Å². The van der Waals surface area contributed by atoms with Crippen LogP contribution in [0.1, 0.15) is 0 Å². The molecule has 1 heterocycles. The first-order valence-electron chi connectivity index (χ1n) is 4.60. The molecule has 0 amide bonds. The Balaban J connectivity index is 2.46. The molecule has 0 fully saturated rings. The molecular weight excluding hydrogens is 251 g/mol. The van der Waals surface area contributed by atoms with Crippen LogP contribution in [0.5, 0.6) is 5.75 Å². The molecule has 3 nitrogen and oxygen atoms in total. The summed E-state index contributed by atoms with van der Waals surface area (Å²) in [5.74, 6) is 0.160. The highest BCUT2D eigenvalue weighted by atomic mass is 35.5. The summed E-state index contributed by atoms with van der Waals surface area (Å²) >= 11 is 11.2. The number of hydrogen-bond acceptors (Lipinski definition) is 3. The highest BCUT2D eigenvalue weighted by Crippen LogP contribution is 2.18. The molecule has 0 aliphatic heterocycles. The minimum Gasteiger partial charge on any atom is -0.466 e. The zero-order chi connectivity index (χ0) is 11.5. The fourth-order valence-corrected chi connectivity index (χ4v) is 1.45. The molecule has 0 radical (unpaired) electrons. The van der Waals surface area contributed by atoms with Crippen LogP contribution in [0.2, 0.25) is 0 Å². The first-order valence-corrected chi connectivity index (χ1v) is 5.57. The van der Waals surface area contributed by atoms with Crippen molar-refractivity contribution in [3.8, 4) is 5.75 Å². The molecule has 1 unspecified atom stereocenters. The van der Waals surface area contributed by atoms with Gasteiger partial charge in [0.25, 0.3) is 0 Å². The van der Waals surface area contributed by atoms with Gasteiger partial charge in [-0.15, -0.1) is 11.6 Å². The molecule has 0 spiro atoms. The Labute approximate surface area is 102 Å². The zero-order valence-electron chi connectivity index (χ0n) is 8.15. The van der Waals surface area contributed by atoms with Gasteiger partial charge in [-0.25, -0.2) is 4.79 Å². The summed E-state index contributed by atoms with van der Waals surface area (Å²) in [5, 5.41) is 0.774. The van der Waals surface area contributed by atoms with Crippen LogP contribution < -0.4 is 10.4 Å². The minimum atomic E-state index is -0.745. The van der Waals surface area contributed by atoms with E-state index in [1.54, 1.807) is 18.2 Å². The van der Waals surface area contributed by atoms with E-state index in [1.165, 1.54) is 0 Å². The normalized spacial score (nSPS) is 12.6. The second-order valence-corrected chi connectivity index (χ2v) is 3.91. The summed E-state index contributed by atoms with van der Waals surface area (Å²) in [6.07, 6.45) is 0. The quantitative estimate of drug-likeness (QED) is 0.628. The smallest absolute Gasteiger partial charge is 0.379 e. The van der Waals surface area contributed by atoms with E-state index in [0.717, 1.165) is 5.39 Å². The number of rotatable bonds is 3. The average molecular weight is 259 g/mol. The molecule has 1 aromatic carbocycles. The SMILES string of the molecule is O=c1oc2ccccc2cc1OC(Cl)CCl. The molecule has 84 valence electrons. The topological polar surface area (TPSA) is 39.4 Å². The van der Waals surface area contributed by atoms with Crippen LogP contribution in [0.3, 0.4) is 0 Å². The van der Waals surface area contributed by atoms with Crippen molar-refractivity contribution in [2.75, 3.05) is 5.88 Å². The zero-order valence-corrected chi connectivity index (χ0v) is 9.66. The molecule has 0 aliphatic rings. The van der Waals surface area contributed by atoms with Crippen LogP contribution in [-0.2, 0) is 0 Å². The van der Waals surface area contributed by atoms with Gasteiger partial charge in [-0.05, 0) is 12.1 Å². The molecule has 16 heavy (non-hydrogen) atoms. The summed E-state index contributed by atoms with van der Waals surface area (Å²) in [6.45, 7) is 0. The Hall–Kier alpha value is -1.19. The van der Waals surface area contributed by atoms with Crippen molar-refractivity contribution in [2.45, 2.75) is 5.56 Å². The maximum Gasteiger partial charge on any atom is 0.379 e. The number of fused-ring (bicyclic) bond motifs is 1. The van der Waals surface area contributed by atoms with E-state index < -0.39 is 11.2 Å². The lowest BCUT2D eigenvalue weighted by Gasteiger charge is -2.08. The van der Waals surface area contributed by atoms with Crippen molar-refractivity contribution >= 4 is 34.2 Å². The fraction of sp³-hybridized carbons (Fsp3) is 0.182. The van der Waals surface area contributed by atoms with E-state index in [9.17, 15) is 4.79 Å². The Morgan fingerprint density at radius 1 is 1.38 bits per heavy atom. The number of hydrogen-bond donors (Lipinski definition) is 0. The van der Waals surface area contributed by atoms with Crippen LogP contribution in [0.15, 0.2) is 39.5 Å². The Morgan fingerprint density at radius 3 is 2.88 bits per heavy atom. The van der Waals surface area contributed by atoms with Gasteiger partial charge in [-0.3, -0.25) is 0 Å². The number of ether oxygens (including phenoxy) is 1. The number of para-hydroxylation sites is 1. The molecule has 0 aliphatic carbocycles. The van der Waals surface area contributed by atoms with Gasteiger partial charge in [0, 0.05) is 5.39 Å². The summed E-state index contributed by atoms with van der Waals surface area (Å²) in [7, 11) is 0. The van der Waals surface area contributed by atoms with Crippen LogP contribution >= 0.6 is 23.2 Å². The summed E-state index contributed by atoms with van der Waals surface area (Å²) in [6, 6.07) is 8.74. The van der Waals surface area contributed by atoms with Crippen molar-refractivity contribution in [2.24, 2.45) is 0 Å². The minimum absolute atomic E-state index is 0.0688. The van der Waals surface area contributed by atoms with E-state index in [1.807, 2.05) is 12.1 Å². The molecule has 1 aromatic heterocycles. The summed E-state index contributed by atoms with van der Waals surface area (Å²) in [5.41, 5.74) is -0.794. The largest absolute Gasteiger partial charge is 0.466 e. The van der Waals surface area contributed by atoms with Crippen LogP contribution in [0, 0.1) is 0 Å². The van der Waals surface area contributed by atoms with Crippen molar-refractivity contribution in [1.29, 1.82) is 0 Å². The molecule has 2 rings (SSSR count). The van der Waals surface area contributed by atoms with Gasteiger partial charge in [0.05, 0.1) is 5.88 Å². The third kappa shape index (κ3) is 2.31. The lowest BCUT2D eigenvalue weighted by molar-refractivity contribution is 0.289. The Morgan fingerprint density at radius 2 is 2.12 bits per heavy atom. The fourth-order valence-electron chi connectivity index (χ4n) is 1.29. The van der Waals surface area contributed by atoms with Gasteiger partial charge in [-0.2, -0.15) is 0 Å². The van der Waals surface area contributed by atoms with Crippen LogP contribution in [-0.4, -0.2) is 11.4 Å². The van der Waals surface area contributed by atoms with Gasteiger partial charge >= 0.3 is 5.63 Å². The lowest BCUT2D eigenvalue weighted by atomic mass is 10.2. The number of alkyl halides is 2. The van der Waals surface area contributed by atoms with Crippen LogP contribution in [0.25, 0.3) is 11.0 Å². The standard InChI is InChI=1S/C11H8Cl2O3/c12-6-10(13)15-9-5-7-3-1-2-4-8(7)16-11(9)14/h1-5,10H,6H2. The summed E-state index contributed by atoms with van der Waals surface area (Å²) < 4.78 is 10.2. The number of benzene rings is 1. The third-order valence-electron chi connectivity index (χ3n) is 1.99. The van der Waals surface area contributed by atoms with E-state index in [0.29, 0.717) is 5.58 Å². The molecule has 0 N–H and O–H groups in total. The van der Waals surface area contributed by atoms with E-state index in [-0.39, 0.29) is 11.6 Å². The second kappa shape index (κ2) is 4.76. The van der Waals surface area contributed by atoms with Gasteiger partial charge in [-0.1, -0.05) is 29.8 Å². The number of halogens is 2. The van der Waals surface area contributed by atoms with E-state index in [2.05, 4.69) is 0 Å². The average Bonchev–Trinajstić information content (AvgIpc) is 2.30. The highest BCUT2D eigenvalue weighted by Gasteiger charge is 2.10. The van der Waals surface area contributed by atoms with Crippen molar-refractivity contribution in [3.63, 3.8) is 0 Å². The van der Waals surface area contributed by atoms with Gasteiger partial charge < -0.3 is 9.15 Å². The molecule has 0 saturated carbocycles. The second-order valence-electron chi connectivity index (χ2n) is 3.12. The van der Waals surface area contributed by atoms with E-state index >= 15 is 0 Å². The van der Waals surface area contributed by atoms with Gasteiger partial charge in [0.1, 0.15) is 5.58 Å². The monoisotopic (exact) mass is 258 g/mol. The molecule has 5 heteroatoms. The third-order valence-corrected chi connectivity index (χ3v) is 2.67. The predicted molar refractivity (Wildman–Crippen MR) is 63.5 cm³/mol. The van der Waals surface area contributed by atoms with Gasteiger partial charge in [0.2, 0.25) is 5.75 Å². The molecule has 0 saturated heterocycles. The molecular formula is C11H8Cl2O3. The Bertz CT molecular complexity index is 550.